The number of carbonyl (C=O) groups is 1. The number of hydroxylamine groups is 1. The molecule has 0 fully saturated rings. The summed E-state index contributed by atoms with van der Waals surface area (Å²) in [6.45, 7) is 5.66. The summed E-state index contributed by atoms with van der Waals surface area (Å²) in [7, 11) is 0. The molecule has 0 saturated heterocycles. The van der Waals surface area contributed by atoms with Gasteiger partial charge in [0.15, 0.2) is 0 Å². The predicted octanol–water partition coefficient (Wildman–Crippen LogP) is 2.89. The Morgan fingerprint density at radius 1 is 1.64 bits per heavy atom. The van der Waals surface area contributed by atoms with Crippen LogP contribution in [0.5, 0.6) is 0 Å². The van der Waals surface area contributed by atoms with Gasteiger partial charge in [-0.1, -0.05) is 0 Å². The Morgan fingerprint density at radius 2 is 2.29 bits per heavy atom. The molecule has 1 N–H and O–H groups in total. The minimum atomic E-state index is -0.197. The molecule has 0 saturated carbocycles. The molecule has 0 unspecified atom stereocenters. The molecule has 3 nitrogen and oxygen atoms in total. The lowest BCUT2D eigenvalue weighted by Crippen LogP contribution is -2.26. The maximum atomic E-state index is 11.5. The monoisotopic (exact) mass is 277 g/mol. The van der Waals surface area contributed by atoms with Crippen LogP contribution in [0.15, 0.2) is 9.85 Å². The minimum absolute atomic E-state index is 0.0107. The van der Waals surface area contributed by atoms with Crippen LogP contribution in [0, 0.1) is 6.92 Å². The smallest absolute Gasteiger partial charge is 0.271 e. The molecule has 0 aliphatic carbocycles. The van der Waals surface area contributed by atoms with Crippen molar-refractivity contribution in [3.8, 4) is 0 Å². The average Bonchev–Trinajstić information content (AvgIpc) is 2.43. The van der Waals surface area contributed by atoms with E-state index in [2.05, 4.69) is 21.4 Å². The van der Waals surface area contributed by atoms with Crippen LogP contribution in [0.2, 0.25) is 0 Å². The van der Waals surface area contributed by atoms with Gasteiger partial charge >= 0.3 is 0 Å². The SMILES string of the molecule is Cc1cc(C(=O)NOC(C)C)sc1Br. The van der Waals surface area contributed by atoms with Gasteiger partial charge in [0.25, 0.3) is 5.91 Å². The highest BCUT2D eigenvalue weighted by Gasteiger charge is 2.11. The Labute approximate surface area is 95.5 Å². The zero-order chi connectivity index (χ0) is 10.7. The van der Waals surface area contributed by atoms with E-state index in [-0.39, 0.29) is 12.0 Å². The number of aryl methyl sites for hydroxylation is 1. The first-order chi connectivity index (χ1) is 6.50. The van der Waals surface area contributed by atoms with Crippen LogP contribution in [-0.2, 0) is 4.84 Å². The standard InChI is InChI=1S/C9H12BrNO2S/c1-5(2)13-11-9(12)7-4-6(3)8(10)14-7/h4-5H,1-3H3,(H,11,12). The van der Waals surface area contributed by atoms with E-state index in [9.17, 15) is 4.79 Å². The van der Waals surface area contributed by atoms with Crippen LogP contribution in [0.25, 0.3) is 0 Å². The molecule has 1 amide bonds. The quantitative estimate of drug-likeness (QED) is 0.863. The molecule has 1 heterocycles. The van der Waals surface area contributed by atoms with Crippen LogP contribution >= 0.6 is 27.3 Å². The zero-order valence-electron chi connectivity index (χ0n) is 8.26. The second-order valence-electron chi connectivity index (χ2n) is 3.17. The van der Waals surface area contributed by atoms with Crippen molar-refractivity contribution >= 4 is 33.2 Å². The van der Waals surface area contributed by atoms with Crippen molar-refractivity contribution in [3.05, 3.63) is 20.3 Å². The lowest BCUT2D eigenvalue weighted by atomic mass is 10.3. The van der Waals surface area contributed by atoms with Crippen molar-refractivity contribution < 1.29 is 9.63 Å². The highest BCUT2D eigenvalue weighted by molar-refractivity contribution is 9.11. The fraction of sp³-hybridized carbons (Fsp3) is 0.444. The predicted molar refractivity (Wildman–Crippen MR) is 60.4 cm³/mol. The second kappa shape index (κ2) is 4.91. The summed E-state index contributed by atoms with van der Waals surface area (Å²) in [6.07, 6.45) is -0.0107. The number of hydrogen-bond acceptors (Lipinski definition) is 3. The summed E-state index contributed by atoms with van der Waals surface area (Å²) in [4.78, 5) is 17.1. The van der Waals surface area contributed by atoms with Gasteiger partial charge in [-0.05, 0) is 48.3 Å². The number of carbonyl (C=O) groups excluding carboxylic acids is 1. The summed E-state index contributed by atoms with van der Waals surface area (Å²) in [5.41, 5.74) is 3.45. The molecule has 1 aromatic heterocycles. The first-order valence-corrected chi connectivity index (χ1v) is 5.83. The number of hydrogen-bond donors (Lipinski definition) is 1. The zero-order valence-corrected chi connectivity index (χ0v) is 10.7. The fourth-order valence-corrected chi connectivity index (χ4v) is 2.21. The largest absolute Gasteiger partial charge is 0.284 e. The van der Waals surface area contributed by atoms with Gasteiger partial charge < -0.3 is 0 Å². The Bertz CT molecular complexity index is 316. The van der Waals surface area contributed by atoms with Gasteiger partial charge in [-0.25, -0.2) is 5.48 Å². The van der Waals surface area contributed by atoms with Gasteiger partial charge in [0.05, 0.1) is 14.8 Å². The average molecular weight is 278 g/mol. The Hall–Kier alpha value is -0.390. The van der Waals surface area contributed by atoms with Gasteiger partial charge in [0.1, 0.15) is 0 Å². The summed E-state index contributed by atoms with van der Waals surface area (Å²) >= 11 is 4.76. The molecule has 0 bridgehead atoms. The lowest BCUT2D eigenvalue weighted by Gasteiger charge is -2.06. The molecule has 78 valence electrons. The summed E-state index contributed by atoms with van der Waals surface area (Å²) in [6, 6.07) is 1.83. The van der Waals surface area contributed by atoms with E-state index in [1.165, 1.54) is 11.3 Å². The van der Waals surface area contributed by atoms with E-state index in [1.54, 1.807) is 0 Å². The normalized spacial score (nSPS) is 10.6. The Morgan fingerprint density at radius 3 is 2.71 bits per heavy atom. The molecule has 1 rings (SSSR count). The van der Waals surface area contributed by atoms with Crippen molar-refractivity contribution in [2.24, 2.45) is 0 Å². The topological polar surface area (TPSA) is 38.3 Å². The molecular weight excluding hydrogens is 266 g/mol. The lowest BCUT2D eigenvalue weighted by molar-refractivity contribution is 0.000465. The molecule has 1 aromatic rings. The van der Waals surface area contributed by atoms with E-state index >= 15 is 0 Å². The summed E-state index contributed by atoms with van der Waals surface area (Å²) in [5, 5.41) is 0. The highest BCUT2D eigenvalue weighted by Crippen LogP contribution is 2.27. The molecule has 5 heteroatoms. The number of rotatable bonds is 3. The van der Waals surface area contributed by atoms with Gasteiger partial charge in [0.2, 0.25) is 0 Å². The van der Waals surface area contributed by atoms with E-state index in [0.717, 1.165) is 9.35 Å². The number of halogens is 1. The first-order valence-electron chi connectivity index (χ1n) is 4.22. The van der Waals surface area contributed by atoms with E-state index in [0.29, 0.717) is 4.88 Å². The van der Waals surface area contributed by atoms with Crippen LogP contribution in [-0.4, -0.2) is 12.0 Å². The van der Waals surface area contributed by atoms with Gasteiger partial charge in [-0.15, -0.1) is 11.3 Å². The number of thiophene rings is 1. The van der Waals surface area contributed by atoms with Crippen molar-refractivity contribution in [3.63, 3.8) is 0 Å². The third-order valence-corrected chi connectivity index (χ3v) is 3.60. The fourth-order valence-electron chi connectivity index (χ4n) is 0.793. The second-order valence-corrected chi connectivity index (χ2v) is 5.54. The summed E-state index contributed by atoms with van der Waals surface area (Å²) in [5.74, 6) is -0.197. The molecule has 0 spiro atoms. The third kappa shape index (κ3) is 3.08. The molecule has 0 aliphatic rings. The van der Waals surface area contributed by atoms with Crippen molar-refractivity contribution in [2.75, 3.05) is 0 Å². The van der Waals surface area contributed by atoms with E-state index in [1.807, 2.05) is 26.8 Å². The molecule has 14 heavy (non-hydrogen) atoms. The van der Waals surface area contributed by atoms with E-state index < -0.39 is 0 Å². The Balaban J connectivity index is 2.61. The third-order valence-electron chi connectivity index (χ3n) is 1.47. The van der Waals surface area contributed by atoms with Crippen molar-refractivity contribution in [1.82, 2.24) is 5.48 Å². The number of nitrogens with one attached hydrogen (secondary N) is 1. The van der Waals surface area contributed by atoms with E-state index in [4.69, 9.17) is 4.84 Å². The maximum absolute atomic E-state index is 11.5. The molecular formula is C9H12BrNO2S. The van der Waals surface area contributed by atoms with Gasteiger partial charge in [-0.3, -0.25) is 9.63 Å². The number of amides is 1. The molecule has 0 aliphatic heterocycles. The van der Waals surface area contributed by atoms with Crippen LogP contribution in [0.3, 0.4) is 0 Å². The molecule has 0 aromatic carbocycles. The van der Waals surface area contributed by atoms with Crippen LogP contribution in [0.1, 0.15) is 29.1 Å². The van der Waals surface area contributed by atoms with Crippen molar-refractivity contribution in [2.45, 2.75) is 26.9 Å². The van der Waals surface area contributed by atoms with Gasteiger partial charge in [-0.2, -0.15) is 0 Å². The van der Waals surface area contributed by atoms with Crippen LogP contribution < -0.4 is 5.48 Å². The van der Waals surface area contributed by atoms with Crippen LogP contribution in [0.4, 0.5) is 0 Å². The first kappa shape index (κ1) is 11.7. The Kier molecular flexibility index (Phi) is 4.10. The highest BCUT2D eigenvalue weighted by atomic mass is 79.9. The summed E-state index contributed by atoms with van der Waals surface area (Å²) < 4.78 is 0.979. The minimum Gasteiger partial charge on any atom is -0.271 e. The molecule has 0 atom stereocenters. The molecule has 0 radical (unpaired) electrons. The van der Waals surface area contributed by atoms with Crippen molar-refractivity contribution in [1.29, 1.82) is 0 Å². The van der Waals surface area contributed by atoms with Gasteiger partial charge in [0, 0.05) is 0 Å². The maximum Gasteiger partial charge on any atom is 0.284 e.